The molecule has 0 unspecified atom stereocenters. The van der Waals surface area contributed by atoms with Crippen molar-refractivity contribution >= 4 is 14.3 Å². The smallest absolute Gasteiger partial charge is 0.303 e. The number of carbonyl (C=O) groups excluding carboxylic acids is 1. The molecule has 9 heteroatoms. The molecule has 1 fully saturated rings. The minimum atomic E-state index is -2.24. The molecule has 1 heterocycles. The summed E-state index contributed by atoms with van der Waals surface area (Å²) in [7, 11) is -2.24. The average Bonchev–Trinajstić information content (AvgIpc) is 3.01. The van der Waals surface area contributed by atoms with Crippen LogP contribution in [0.1, 0.15) is 44.4 Å². The van der Waals surface area contributed by atoms with Gasteiger partial charge in [-0.15, -0.1) is 0 Å². The number of esters is 1. The second-order valence-electron chi connectivity index (χ2n) is 13.0. The van der Waals surface area contributed by atoms with Crippen LogP contribution in [0.15, 0.2) is 91.0 Å². The fourth-order valence-corrected chi connectivity index (χ4v) is 5.94. The van der Waals surface area contributed by atoms with Gasteiger partial charge in [-0.3, -0.25) is 4.79 Å². The van der Waals surface area contributed by atoms with Crippen molar-refractivity contribution in [2.75, 3.05) is 6.61 Å². The molecule has 1 N–H and O–H groups in total. The van der Waals surface area contributed by atoms with E-state index in [1.807, 2.05) is 91.0 Å². The Morgan fingerprint density at radius 3 is 1.60 bits per heavy atom. The summed E-state index contributed by atoms with van der Waals surface area (Å²) in [6, 6.07) is 29.3. The lowest BCUT2D eigenvalue weighted by molar-refractivity contribution is -0.325. The van der Waals surface area contributed by atoms with E-state index in [1.54, 1.807) is 0 Å². The number of rotatable bonds is 14. The van der Waals surface area contributed by atoms with E-state index in [0.717, 1.165) is 16.7 Å². The quantitative estimate of drug-likeness (QED) is 0.160. The lowest BCUT2D eigenvalue weighted by Gasteiger charge is -2.47. The van der Waals surface area contributed by atoms with Crippen LogP contribution in [0.2, 0.25) is 18.1 Å². The molecule has 3 aromatic rings. The Bertz CT molecular complexity index is 1300. The van der Waals surface area contributed by atoms with Crippen LogP contribution in [0.4, 0.5) is 0 Å². The minimum absolute atomic E-state index is 0.0678. The molecule has 1 aliphatic rings. The molecule has 6 atom stereocenters. The maximum Gasteiger partial charge on any atom is 0.303 e. The summed E-state index contributed by atoms with van der Waals surface area (Å²) in [4.78, 5) is 12.4. The van der Waals surface area contributed by atoms with Gasteiger partial charge >= 0.3 is 5.97 Å². The summed E-state index contributed by atoms with van der Waals surface area (Å²) in [6.07, 6.45) is -5.63. The van der Waals surface area contributed by atoms with Crippen LogP contribution in [0.25, 0.3) is 0 Å². The fraction of sp³-hybridized carbons (Fsp3) is 0.472. The summed E-state index contributed by atoms with van der Waals surface area (Å²) in [5.41, 5.74) is 2.85. The van der Waals surface area contributed by atoms with Crippen molar-refractivity contribution in [1.29, 1.82) is 0 Å². The van der Waals surface area contributed by atoms with Crippen LogP contribution in [-0.2, 0) is 52.7 Å². The molecule has 0 radical (unpaired) electrons. The van der Waals surface area contributed by atoms with E-state index in [0.29, 0.717) is 0 Å². The van der Waals surface area contributed by atoms with Gasteiger partial charge in [0.1, 0.15) is 24.4 Å². The SMILES string of the molecule is CC(=O)O[C@@H](CO[Si](C)(C)C(C)(C)C)[C@H]1O[C@H](O)[C@H](OCc2ccccc2)[C@@H](OCc2ccccc2)[C@@H]1OCc1ccccc1. The largest absolute Gasteiger partial charge is 0.457 e. The Hall–Kier alpha value is -2.89. The molecule has 0 aliphatic carbocycles. The highest BCUT2D eigenvalue weighted by molar-refractivity contribution is 6.74. The first kappa shape index (κ1) is 35.0. The van der Waals surface area contributed by atoms with Crippen molar-refractivity contribution in [1.82, 2.24) is 0 Å². The third-order valence-corrected chi connectivity index (χ3v) is 13.0. The lowest BCUT2D eigenvalue weighted by atomic mass is 9.94. The highest BCUT2D eigenvalue weighted by atomic mass is 28.4. The number of benzene rings is 3. The van der Waals surface area contributed by atoms with E-state index in [9.17, 15) is 9.90 Å². The van der Waals surface area contributed by atoms with Gasteiger partial charge in [-0.25, -0.2) is 0 Å². The summed E-state index contributed by atoms with van der Waals surface area (Å²) in [5, 5.41) is 11.4. The first-order valence-corrected chi connectivity index (χ1v) is 18.5. The van der Waals surface area contributed by atoms with Gasteiger partial charge in [0.05, 0.1) is 26.4 Å². The van der Waals surface area contributed by atoms with E-state index in [-0.39, 0.29) is 31.5 Å². The van der Waals surface area contributed by atoms with Gasteiger partial charge in [0.25, 0.3) is 0 Å². The van der Waals surface area contributed by atoms with Crippen LogP contribution in [0.5, 0.6) is 0 Å². The highest BCUT2D eigenvalue weighted by Gasteiger charge is 2.52. The maximum atomic E-state index is 12.4. The zero-order valence-electron chi connectivity index (χ0n) is 27.3. The van der Waals surface area contributed by atoms with Crippen molar-refractivity contribution in [2.24, 2.45) is 0 Å². The van der Waals surface area contributed by atoms with Crippen molar-refractivity contribution in [3.05, 3.63) is 108 Å². The zero-order valence-corrected chi connectivity index (χ0v) is 28.3. The Morgan fingerprint density at radius 2 is 1.18 bits per heavy atom. The first-order valence-electron chi connectivity index (χ1n) is 15.6. The number of hydrogen-bond donors (Lipinski definition) is 1. The molecule has 0 amide bonds. The number of aliphatic hydroxyl groups is 1. The number of ether oxygens (including phenoxy) is 5. The van der Waals surface area contributed by atoms with Crippen molar-refractivity contribution in [2.45, 2.75) is 102 Å². The van der Waals surface area contributed by atoms with Gasteiger partial charge in [-0.2, -0.15) is 0 Å². The average molecular weight is 637 g/mol. The monoisotopic (exact) mass is 636 g/mol. The van der Waals surface area contributed by atoms with Crippen LogP contribution in [0, 0.1) is 0 Å². The molecule has 0 saturated carbocycles. The standard InChI is InChI=1S/C36H48O8Si/c1-26(37)43-30(25-42-45(5,6)36(2,3)4)31-32(39-22-27-16-10-7-11-17-27)33(40-23-28-18-12-8-13-19-28)34(35(38)44-31)41-24-29-20-14-9-15-21-29/h7-21,30-35,38H,22-25H2,1-6H3/t30-,31+,32+,33-,34+,35-/m0/s1. The van der Waals surface area contributed by atoms with E-state index >= 15 is 0 Å². The topological polar surface area (TPSA) is 92.7 Å². The van der Waals surface area contributed by atoms with E-state index < -0.39 is 51.1 Å². The van der Waals surface area contributed by atoms with Gasteiger partial charge in [0.2, 0.25) is 0 Å². The predicted octanol–water partition coefficient (Wildman–Crippen LogP) is 6.41. The Kier molecular flexibility index (Phi) is 12.5. The van der Waals surface area contributed by atoms with Gasteiger partial charge < -0.3 is 33.2 Å². The van der Waals surface area contributed by atoms with Gasteiger partial charge in [-0.1, -0.05) is 112 Å². The van der Waals surface area contributed by atoms with Crippen molar-refractivity contribution in [3.63, 3.8) is 0 Å². The first-order chi connectivity index (χ1) is 21.4. The van der Waals surface area contributed by atoms with Crippen LogP contribution in [0.3, 0.4) is 0 Å². The van der Waals surface area contributed by atoms with E-state index in [4.69, 9.17) is 28.1 Å². The third-order valence-electron chi connectivity index (χ3n) is 8.50. The lowest BCUT2D eigenvalue weighted by Crippen LogP contribution is -2.64. The normalized spacial score (nSPS) is 23.0. The molecule has 0 aromatic heterocycles. The molecule has 0 bridgehead atoms. The van der Waals surface area contributed by atoms with E-state index in [1.165, 1.54) is 6.92 Å². The number of aliphatic hydroxyl groups excluding tert-OH is 1. The van der Waals surface area contributed by atoms with Crippen molar-refractivity contribution in [3.8, 4) is 0 Å². The Balaban J connectivity index is 1.68. The maximum absolute atomic E-state index is 12.4. The summed E-state index contributed by atoms with van der Waals surface area (Å²) < 4.78 is 38.1. The molecule has 1 saturated heterocycles. The van der Waals surface area contributed by atoms with Crippen LogP contribution in [-0.4, -0.2) is 62.8 Å². The highest BCUT2D eigenvalue weighted by Crippen LogP contribution is 2.38. The Morgan fingerprint density at radius 1 is 0.756 bits per heavy atom. The van der Waals surface area contributed by atoms with Gasteiger partial charge in [-0.05, 0) is 34.8 Å². The second-order valence-corrected chi connectivity index (χ2v) is 17.8. The molecule has 45 heavy (non-hydrogen) atoms. The minimum Gasteiger partial charge on any atom is -0.457 e. The zero-order chi connectivity index (χ0) is 32.5. The molecular formula is C36H48O8Si. The predicted molar refractivity (Wildman–Crippen MR) is 175 cm³/mol. The summed E-state index contributed by atoms with van der Waals surface area (Å²) in [5.74, 6) is -0.483. The second kappa shape index (κ2) is 16.1. The summed E-state index contributed by atoms with van der Waals surface area (Å²) >= 11 is 0. The molecule has 3 aromatic carbocycles. The van der Waals surface area contributed by atoms with E-state index in [2.05, 4.69) is 33.9 Å². The molecular weight excluding hydrogens is 588 g/mol. The fourth-order valence-electron chi connectivity index (χ4n) is 4.92. The van der Waals surface area contributed by atoms with Gasteiger partial charge in [0.15, 0.2) is 20.7 Å². The Labute approximate surface area is 268 Å². The van der Waals surface area contributed by atoms with Crippen LogP contribution < -0.4 is 0 Å². The molecule has 4 rings (SSSR count). The van der Waals surface area contributed by atoms with Gasteiger partial charge in [0, 0.05) is 6.92 Å². The van der Waals surface area contributed by atoms with Crippen LogP contribution >= 0.6 is 0 Å². The molecule has 244 valence electrons. The number of hydrogen-bond acceptors (Lipinski definition) is 8. The summed E-state index contributed by atoms with van der Waals surface area (Å²) in [6.45, 7) is 12.9. The molecule has 1 aliphatic heterocycles. The number of carbonyl (C=O) groups is 1. The third kappa shape index (κ3) is 10.0. The molecule has 0 spiro atoms. The molecule has 8 nitrogen and oxygen atoms in total. The van der Waals surface area contributed by atoms with Crippen molar-refractivity contribution < 1.29 is 38.0 Å².